The monoisotopic (exact) mass is 1610 g/mol. The number of nitrogens with two attached hydrogens (primary N) is 4. The molecule has 4 aromatic carbocycles. The largest absolute Gasteiger partial charge is 0.480 e. The Morgan fingerprint density at radius 2 is 0.757 bits per heavy atom. The topological polar surface area (TPSA) is 449 Å². The van der Waals surface area contributed by atoms with Crippen molar-refractivity contribution >= 4 is 71.1 Å². The normalized spacial score (nSPS) is 14.1. The molecule has 0 aliphatic carbocycles. The van der Waals surface area contributed by atoms with E-state index in [1.54, 1.807) is 62.3 Å². The molecule has 0 saturated carbocycles. The number of carbonyl (C=O) groups is 12. The molecule has 27 nitrogen and oxygen atoms in total. The number of nitrogens with one attached hydrogen (secondary N) is 6. The highest BCUT2D eigenvalue weighted by atomic mass is 16.6. The Labute approximate surface area is 681 Å². The summed E-state index contributed by atoms with van der Waals surface area (Å²) in [5, 5.41) is 35.4. The number of ether oxygens (including phenoxy) is 3. The molecule has 10 atom stereocenters. The number of Topliss-reactive ketones (excluding diaryl/α,β-unsaturated/α-hetero) is 3. The Morgan fingerprint density at radius 3 is 1.18 bits per heavy atom. The fourth-order valence-electron chi connectivity index (χ4n) is 12.3. The van der Waals surface area contributed by atoms with Crippen LogP contribution in [0.25, 0.3) is 0 Å². The van der Waals surface area contributed by atoms with Gasteiger partial charge in [0.25, 0.3) is 0 Å². The first-order valence-corrected chi connectivity index (χ1v) is 40.5. The molecular formula is C88H136N10O17. The summed E-state index contributed by atoms with van der Waals surface area (Å²) in [6.07, 6.45) is 5.89. The summed E-state index contributed by atoms with van der Waals surface area (Å²) >= 11 is 0. The number of carbonyl (C=O) groups excluding carboxylic acids is 10. The van der Waals surface area contributed by atoms with Crippen molar-refractivity contribution in [3.05, 3.63) is 144 Å². The second-order valence-electron chi connectivity index (χ2n) is 33.4. The van der Waals surface area contributed by atoms with Gasteiger partial charge in [-0.05, 0) is 212 Å². The molecule has 27 heteroatoms. The van der Waals surface area contributed by atoms with Crippen LogP contribution in [0.3, 0.4) is 0 Å². The van der Waals surface area contributed by atoms with Crippen LogP contribution < -0.4 is 54.8 Å². The molecular weight excluding hydrogens is 1470 g/mol. The van der Waals surface area contributed by atoms with Crippen LogP contribution in [-0.2, 0) is 87.8 Å². The number of esters is 1. The number of hydrogen-bond acceptors (Lipinski definition) is 19. The molecule has 0 bridgehead atoms. The number of carboxylic acids is 2. The number of aliphatic carboxylic acids is 2. The van der Waals surface area contributed by atoms with E-state index in [0.717, 1.165) is 22.3 Å². The minimum atomic E-state index is -1.17. The lowest BCUT2D eigenvalue weighted by molar-refractivity contribution is -0.157. The predicted octanol–water partition coefficient (Wildman–Crippen LogP) is 10.5. The van der Waals surface area contributed by atoms with Crippen molar-refractivity contribution in [2.45, 2.75) is 284 Å². The van der Waals surface area contributed by atoms with Crippen LogP contribution in [0.5, 0.6) is 0 Å². The number of benzene rings is 4. The fraction of sp³-hybridized carbons (Fsp3) is 0.591. The maximum Gasteiger partial charge on any atom is 0.408 e. The fourth-order valence-corrected chi connectivity index (χ4v) is 12.3. The molecule has 4 rings (SSSR count). The number of rotatable bonds is 48. The summed E-state index contributed by atoms with van der Waals surface area (Å²) in [6.45, 7) is 26.7. The summed E-state index contributed by atoms with van der Waals surface area (Å²) in [5.41, 5.74) is 24.7. The molecule has 16 N–H and O–H groups in total. The van der Waals surface area contributed by atoms with Gasteiger partial charge in [0.15, 0.2) is 17.3 Å². The number of amides is 6. The molecule has 0 spiro atoms. The SMILES string of the molecule is CC(C)(C)OC(=O)N[C@@H](CCCN)C(=O)OC(C)(C)C.CC(C)C[C@@H](CC(=O)[C@@H](Cc1ccccc1)NC(=O)[C@H](C)Cc1ccccc1)C(=O)N[C@H](CCCCNC(=O)OC(C)(C)C)C(=O)O.CC(C)C[C@@H](CC(=O)[C@@H](Cc1ccccc1)NC(=O)[C@H](N)Cc1ccccc1)C(=O)N[C@H](CCCCN)C(=O)CCCC[C@H](N)C(=O)O. The summed E-state index contributed by atoms with van der Waals surface area (Å²) in [5.74, 6) is -6.77. The lowest BCUT2D eigenvalue weighted by atomic mass is 9.87. The van der Waals surface area contributed by atoms with Crippen molar-refractivity contribution in [2.24, 2.45) is 52.5 Å². The van der Waals surface area contributed by atoms with Crippen LogP contribution in [0.15, 0.2) is 121 Å². The van der Waals surface area contributed by atoms with Crippen molar-refractivity contribution < 1.29 is 82.0 Å². The highest BCUT2D eigenvalue weighted by Gasteiger charge is 2.35. The molecule has 0 aromatic heterocycles. The molecule has 0 aliphatic rings. The van der Waals surface area contributed by atoms with Crippen LogP contribution in [0.4, 0.5) is 9.59 Å². The molecule has 115 heavy (non-hydrogen) atoms. The van der Waals surface area contributed by atoms with Gasteiger partial charge >= 0.3 is 30.1 Å². The average Bonchev–Trinajstić information content (AvgIpc) is 0.855. The standard InChI is InChI=1S/C37H55N5O6.C37H53N3O7.C14H28N2O4/c1-25(2)21-28(35(45)41-31(18-11-12-20-38)33(43)19-10-9-17-29(39)37(47)48)24-34(44)32(23-27-15-7-4-8-16-27)42-36(46)30(40)22-26-13-5-3-6-14-26;1-25(2)21-29(34(43)39-30(35(44)45)19-13-14-20-38-36(46)47-37(4,5)6)24-32(41)31(23-28-17-11-8-12-18-28)40-33(42)26(3)22-27-15-9-7-10-16-27;1-13(2,3)19-11(17)10(8-7-9-15)16-12(18)20-14(4,5)6/h3-8,13-16,25,28-32H,9-12,17-24,38-40H2,1-2H3,(H,41,45)(H,42,46)(H,47,48);7-12,15-18,25-26,29-31H,13-14,19-24H2,1-6H3,(H,38,46)(H,39,43)(H,40,42)(H,44,45);10H,7-9,15H2,1-6H3,(H,16,18)/t28-,29-,30+,31+,32+;26-,29+,30-,31-;10-/m010/s1. The Kier molecular flexibility index (Phi) is 47.4. The Hall–Kier alpha value is -9.44. The summed E-state index contributed by atoms with van der Waals surface area (Å²) < 4.78 is 15.6. The van der Waals surface area contributed by atoms with Crippen LogP contribution in [0.1, 0.15) is 222 Å². The van der Waals surface area contributed by atoms with E-state index in [4.69, 9.17) is 42.3 Å². The zero-order chi connectivity index (χ0) is 86.4. The first kappa shape index (κ1) is 102. The first-order chi connectivity index (χ1) is 54.0. The summed E-state index contributed by atoms with van der Waals surface area (Å²) in [7, 11) is 0. The molecule has 0 fully saturated rings. The van der Waals surface area contributed by atoms with E-state index in [0.29, 0.717) is 103 Å². The number of hydrogen-bond donors (Lipinski definition) is 12. The van der Waals surface area contributed by atoms with Gasteiger partial charge in [0.05, 0.1) is 24.2 Å². The highest BCUT2D eigenvalue weighted by molar-refractivity contribution is 5.96. The number of ketones is 3. The molecule has 6 amide bonds. The Balaban J connectivity index is 0.000000633. The number of alkyl carbamates (subject to hydrolysis) is 2. The van der Waals surface area contributed by atoms with Gasteiger partial charge in [0, 0.05) is 43.6 Å². The molecule has 0 saturated heterocycles. The second kappa shape index (κ2) is 53.7. The van der Waals surface area contributed by atoms with Crippen molar-refractivity contribution in [3.8, 4) is 0 Å². The van der Waals surface area contributed by atoms with E-state index in [2.05, 4.69) is 31.9 Å². The van der Waals surface area contributed by atoms with Crippen molar-refractivity contribution in [1.82, 2.24) is 31.9 Å². The maximum absolute atomic E-state index is 13.9. The van der Waals surface area contributed by atoms with E-state index in [9.17, 15) is 62.6 Å². The van der Waals surface area contributed by atoms with E-state index in [-0.39, 0.29) is 91.9 Å². The summed E-state index contributed by atoms with van der Waals surface area (Å²) in [4.78, 5) is 153. The highest BCUT2D eigenvalue weighted by Crippen LogP contribution is 2.24. The molecule has 0 aliphatic heterocycles. The van der Waals surface area contributed by atoms with Gasteiger partial charge in [0.1, 0.15) is 34.9 Å². The number of unbranched alkanes of at least 4 members (excludes halogenated alkanes) is 3. The first-order valence-electron chi connectivity index (χ1n) is 40.5. The molecule has 640 valence electrons. The summed E-state index contributed by atoms with van der Waals surface area (Å²) in [6, 6.07) is 31.5. The van der Waals surface area contributed by atoms with E-state index in [1.165, 1.54) is 0 Å². The lowest BCUT2D eigenvalue weighted by Gasteiger charge is -2.26. The minimum Gasteiger partial charge on any atom is -0.480 e. The van der Waals surface area contributed by atoms with E-state index < -0.39 is 113 Å². The van der Waals surface area contributed by atoms with Crippen LogP contribution in [0, 0.1) is 29.6 Å². The van der Waals surface area contributed by atoms with E-state index in [1.807, 2.05) is 156 Å². The van der Waals surface area contributed by atoms with Crippen molar-refractivity contribution in [1.29, 1.82) is 0 Å². The molecule has 4 aromatic rings. The van der Waals surface area contributed by atoms with Gasteiger partial charge < -0.3 is 79.3 Å². The van der Waals surface area contributed by atoms with Crippen LogP contribution in [-0.4, -0.2) is 160 Å². The van der Waals surface area contributed by atoms with Crippen LogP contribution in [0.2, 0.25) is 0 Å². The van der Waals surface area contributed by atoms with Gasteiger partial charge in [0.2, 0.25) is 23.6 Å². The quantitative estimate of drug-likeness (QED) is 0.0111. The average molecular weight is 1610 g/mol. The Bertz CT molecular complexity index is 3590. The van der Waals surface area contributed by atoms with Crippen molar-refractivity contribution in [3.63, 3.8) is 0 Å². The Morgan fingerprint density at radius 1 is 0.374 bits per heavy atom. The van der Waals surface area contributed by atoms with Gasteiger partial charge in [-0.2, -0.15) is 0 Å². The second-order valence-corrected chi connectivity index (χ2v) is 33.4. The zero-order valence-electron chi connectivity index (χ0n) is 70.6. The van der Waals surface area contributed by atoms with E-state index >= 15 is 0 Å². The zero-order valence-corrected chi connectivity index (χ0v) is 70.6. The van der Waals surface area contributed by atoms with Gasteiger partial charge in [-0.3, -0.25) is 38.4 Å². The maximum atomic E-state index is 13.9. The van der Waals surface area contributed by atoms with Crippen molar-refractivity contribution in [2.75, 3.05) is 19.6 Å². The van der Waals surface area contributed by atoms with Crippen LogP contribution >= 0.6 is 0 Å². The predicted molar refractivity (Wildman–Crippen MR) is 446 cm³/mol. The third kappa shape index (κ3) is 46.6. The third-order valence-corrected chi connectivity index (χ3v) is 18.0. The van der Waals surface area contributed by atoms with Gasteiger partial charge in [-0.25, -0.2) is 19.2 Å². The lowest BCUT2D eigenvalue weighted by Crippen LogP contribution is -2.51. The smallest absolute Gasteiger partial charge is 0.408 e. The van der Waals surface area contributed by atoms with Gasteiger partial charge in [-0.15, -0.1) is 0 Å². The molecule has 0 radical (unpaired) electrons. The molecule has 0 heterocycles. The third-order valence-electron chi connectivity index (χ3n) is 18.0. The molecule has 0 unspecified atom stereocenters. The number of carboxylic acid groups (broad SMARTS) is 2. The minimum absolute atomic E-state index is 0.0637. The van der Waals surface area contributed by atoms with Gasteiger partial charge in [-0.1, -0.05) is 162 Å².